The van der Waals surface area contributed by atoms with Crippen LogP contribution in [-0.4, -0.2) is 28.2 Å². The summed E-state index contributed by atoms with van der Waals surface area (Å²) in [7, 11) is 1.90. The van der Waals surface area contributed by atoms with E-state index in [1.165, 1.54) is 0 Å². The van der Waals surface area contributed by atoms with Gasteiger partial charge in [0.2, 0.25) is 5.96 Å². The van der Waals surface area contributed by atoms with Crippen molar-refractivity contribution in [3.63, 3.8) is 0 Å². The summed E-state index contributed by atoms with van der Waals surface area (Å²) in [6.45, 7) is 0.349. The summed E-state index contributed by atoms with van der Waals surface area (Å²) in [4.78, 5) is 16.8. The monoisotopic (exact) mass is 360 g/mol. The molecule has 3 aromatic rings. The minimum atomic E-state index is -0.222. The second-order valence-corrected chi connectivity index (χ2v) is 6.36. The van der Waals surface area contributed by atoms with E-state index >= 15 is 0 Å². The molecule has 2 aromatic carbocycles. The number of nitrogens with zero attached hydrogens (tertiary/aromatic N) is 3. The first-order valence-electron chi connectivity index (χ1n) is 8.68. The lowest BCUT2D eigenvalue weighted by molar-refractivity contribution is -0.115. The Morgan fingerprint density at radius 1 is 1.22 bits per heavy atom. The van der Waals surface area contributed by atoms with Gasteiger partial charge in [-0.05, 0) is 29.3 Å². The number of fused-ring (bicyclic) bond motifs is 1. The van der Waals surface area contributed by atoms with E-state index in [9.17, 15) is 4.79 Å². The highest BCUT2D eigenvalue weighted by molar-refractivity contribution is 6.15. The van der Waals surface area contributed by atoms with Crippen LogP contribution in [-0.2, 0) is 11.8 Å². The molecule has 0 spiro atoms. The lowest BCUT2D eigenvalue weighted by Crippen LogP contribution is -2.27. The number of benzene rings is 2. The summed E-state index contributed by atoms with van der Waals surface area (Å²) >= 11 is 0. The molecule has 7 heteroatoms. The number of aromatic nitrogens is 2. The Morgan fingerprint density at radius 3 is 2.81 bits per heavy atom. The van der Waals surface area contributed by atoms with Crippen LogP contribution in [0.5, 0.6) is 0 Å². The molecule has 1 saturated heterocycles. The van der Waals surface area contributed by atoms with Crippen LogP contribution in [0.3, 0.4) is 0 Å². The van der Waals surface area contributed by atoms with Gasteiger partial charge >= 0.3 is 0 Å². The predicted molar refractivity (Wildman–Crippen MR) is 106 cm³/mol. The van der Waals surface area contributed by atoms with Gasteiger partial charge in [-0.3, -0.25) is 14.8 Å². The van der Waals surface area contributed by atoms with E-state index in [-0.39, 0.29) is 11.9 Å². The summed E-state index contributed by atoms with van der Waals surface area (Å²) < 4.78 is 1.81. The first-order valence-corrected chi connectivity index (χ1v) is 8.68. The number of amides is 1. The van der Waals surface area contributed by atoms with Gasteiger partial charge < -0.3 is 11.1 Å². The second kappa shape index (κ2) is 7.05. The predicted octanol–water partition coefficient (Wildman–Crippen LogP) is 1.69. The summed E-state index contributed by atoms with van der Waals surface area (Å²) in [5.74, 6) is 0.192. The van der Waals surface area contributed by atoms with Gasteiger partial charge in [0.15, 0.2) is 0 Å². The Labute approximate surface area is 156 Å². The average Bonchev–Trinajstić information content (AvgIpc) is 3.23. The normalized spacial score (nSPS) is 18.1. The van der Waals surface area contributed by atoms with Crippen LogP contribution in [0.25, 0.3) is 17.0 Å². The lowest BCUT2D eigenvalue weighted by atomic mass is 10.1. The Morgan fingerprint density at radius 2 is 2.04 bits per heavy atom. The van der Waals surface area contributed by atoms with E-state index in [1.807, 2.05) is 60.3 Å². The molecular weight excluding hydrogens is 340 g/mol. The number of rotatable bonds is 4. The molecular formula is C20H20N6O. The first kappa shape index (κ1) is 17.0. The van der Waals surface area contributed by atoms with Crippen molar-refractivity contribution in [1.29, 1.82) is 0 Å². The zero-order valence-electron chi connectivity index (χ0n) is 14.9. The molecule has 1 amide bonds. The zero-order chi connectivity index (χ0) is 18.8. The molecule has 136 valence electrons. The van der Waals surface area contributed by atoms with Crippen LogP contribution in [0, 0.1) is 0 Å². The molecule has 7 nitrogen and oxygen atoms in total. The second-order valence-electron chi connectivity index (χ2n) is 6.36. The molecule has 0 radical (unpaired) electrons. The molecule has 1 aliphatic heterocycles. The fourth-order valence-corrected chi connectivity index (χ4v) is 3.09. The molecule has 0 unspecified atom stereocenters. The van der Waals surface area contributed by atoms with Crippen molar-refractivity contribution in [1.82, 2.24) is 20.4 Å². The summed E-state index contributed by atoms with van der Waals surface area (Å²) in [6.07, 6.45) is 3.60. The number of guanidine groups is 1. The fourth-order valence-electron chi connectivity index (χ4n) is 3.09. The largest absolute Gasteiger partial charge is 0.328 e. The number of hydrogen-bond donors (Lipinski definition) is 3. The van der Waals surface area contributed by atoms with E-state index in [0.29, 0.717) is 18.2 Å². The first-order chi connectivity index (χ1) is 13.1. The maximum Gasteiger partial charge on any atom is 0.274 e. The van der Waals surface area contributed by atoms with E-state index in [1.54, 1.807) is 12.3 Å². The standard InChI is InChI=1S/C20H20N6O/c1-26-18-8-7-13(9-15(18)12-22-26)10-16-19(27)25-20(23-16)24-17(11-21)14-5-3-2-4-6-14/h2-10,12,17H,11,21H2,1H3,(H2,23,24,25,27)/b16-10-/t17-/m0/s1. The summed E-state index contributed by atoms with van der Waals surface area (Å²) in [5.41, 5.74) is 9.26. The van der Waals surface area contributed by atoms with Gasteiger partial charge in [-0.1, -0.05) is 36.4 Å². The lowest BCUT2D eigenvalue weighted by Gasteiger charge is -2.11. The van der Waals surface area contributed by atoms with Crippen molar-refractivity contribution in [3.05, 3.63) is 71.6 Å². The maximum atomic E-state index is 12.3. The molecule has 1 aromatic heterocycles. The van der Waals surface area contributed by atoms with Crippen LogP contribution >= 0.6 is 0 Å². The van der Waals surface area contributed by atoms with Gasteiger partial charge in [0.1, 0.15) is 5.70 Å². The minimum absolute atomic E-state index is 0.219. The minimum Gasteiger partial charge on any atom is -0.328 e. The Balaban J connectivity index is 1.58. The number of carbonyl (C=O) groups excluding carboxylic acids is 1. The number of carbonyl (C=O) groups is 1. The molecule has 0 bridgehead atoms. The van der Waals surface area contributed by atoms with E-state index in [0.717, 1.165) is 22.0 Å². The van der Waals surface area contributed by atoms with Crippen molar-refractivity contribution in [2.45, 2.75) is 6.04 Å². The van der Waals surface area contributed by atoms with Gasteiger partial charge in [-0.2, -0.15) is 5.10 Å². The van der Waals surface area contributed by atoms with Crippen molar-refractivity contribution in [2.75, 3.05) is 6.54 Å². The molecule has 2 heterocycles. The van der Waals surface area contributed by atoms with Crippen molar-refractivity contribution >= 4 is 28.8 Å². The highest BCUT2D eigenvalue weighted by atomic mass is 16.2. The van der Waals surface area contributed by atoms with Gasteiger partial charge in [-0.25, -0.2) is 4.99 Å². The summed E-state index contributed by atoms with van der Waals surface area (Å²) in [5, 5.41) is 11.1. The van der Waals surface area contributed by atoms with E-state index in [2.05, 4.69) is 20.7 Å². The average molecular weight is 360 g/mol. The van der Waals surface area contributed by atoms with Crippen LogP contribution in [0.15, 0.2) is 65.4 Å². The van der Waals surface area contributed by atoms with Crippen molar-refractivity contribution < 1.29 is 4.79 Å². The third kappa shape index (κ3) is 3.45. The Bertz CT molecular complexity index is 1050. The number of aliphatic imine (C=N–C) groups is 1. The van der Waals surface area contributed by atoms with Crippen LogP contribution in [0.2, 0.25) is 0 Å². The maximum absolute atomic E-state index is 12.3. The molecule has 27 heavy (non-hydrogen) atoms. The number of hydrogen-bond acceptors (Lipinski definition) is 4. The molecule has 4 rings (SSSR count). The number of nitrogens with one attached hydrogen (secondary N) is 2. The Hall–Kier alpha value is -3.45. The van der Waals surface area contributed by atoms with Crippen molar-refractivity contribution in [3.8, 4) is 0 Å². The van der Waals surface area contributed by atoms with Gasteiger partial charge in [0.25, 0.3) is 5.91 Å². The Kier molecular flexibility index (Phi) is 4.43. The SMILES string of the molecule is Cn1ncc2cc(/C=C3\NC(=N[C@@H](CN)c4ccccc4)NC3=O)ccc21. The van der Waals surface area contributed by atoms with Crippen LogP contribution in [0.4, 0.5) is 0 Å². The quantitative estimate of drug-likeness (QED) is 0.617. The molecule has 0 saturated carbocycles. The third-order valence-electron chi connectivity index (χ3n) is 4.50. The van der Waals surface area contributed by atoms with Crippen molar-refractivity contribution in [2.24, 2.45) is 17.8 Å². The topological polar surface area (TPSA) is 97.3 Å². The zero-order valence-corrected chi connectivity index (χ0v) is 14.9. The van der Waals surface area contributed by atoms with E-state index < -0.39 is 0 Å². The smallest absolute Gasteiger partial charge is 0.274 e. The molecule has 1 atom stereocenters. The van der Waals surface area contributed by atoms with Crippen LogP contribution in [0.1, 0.15) is 17.2 Å². The van der Waals surface area contributed by atoms with Crippen LogP contribution < -0.4 is 16.4 Å². The van der Waals surface area contributed by atoms with Gasteiger partial charge in [0.05, 0.1) is 17.8 Å². The molecule has 4 N–H and O–H groups in total. The number of aryl methyl sites for hydroxylation is 1. The third-order valence-corrected chi connectivity index (χ3v) is 4.50. The van der Waals surface area contributed by atoms with Gasteiger partial charge in [0, 0.05) is 19.0 Å². The number of nitrogens with two attached hydrogens (primary N) is 1. The van der Waals surface area contributed by atoms with E-state index in [4.69, 9.17) is 5.73 Å². The molecule has 1 aliphatic rings. The van der Waals surface area contributed by atoms with Gasteiger partial charge in [-0.15, -0.1) is 0 Å². The molecule has 1 fully saturated rings. The fraction of sp³-hybridized carbons (Fsp3) is 0.150. The molecule has 0 aliphatic carbocycles. The summed E-state index contributed by atoms with van der Waals surface area (Å²) in [6, 6.07) is 15.5. The highest BCUT2D eigenvalue weighted by Crippen LogP contribution is 2.19. The highest BCUT2D eigenvalue weighted by Gasteiger charge is 2.23.